The van der Waals surface area contributed by atoms with E-state index in [1.165, 1.54) is 12.1 Å². The lowest BCUT2D eigenvalue weighted by Gasteiger charge is -2.18. The summed E-state index contributed by atoms with van der Waals surface area (Å²) in [5, 5.41) is 9.58. The van der Waals surface area contributed by atoms with Gasteiger partial charge in [-0.2, -0.15) is 18.3 Å². The molecule has 0 unspecified atom stereocenters. The van der Waals surface area contributed by atoms with E-state index in [0.717, 1.165) is 17.7 Å². The summed E-state index contributed by atoms with van der Waals surface area (Å²) in [5.74, 6) is -1.39. The highest BCUT2D eigenvalue weighted by Gasteiger charge is 2.30. The molecule has 1 aromatic heterocycles. The maximum Gasteiger partial charge on any atom is 0.416 e. The van der Waals surface area contributed by atoms with Gasteiger partial charge in [-0.05, 0) is 37.1 Å². The summed E-state index contributed by atoms with van der Waals surface area (Å²) in [6, 6.07) is 4.13. The Morgan fingerprint density at radius 3 is 2.62 bits per heavy atom. The van der Waals surface area contributed by atoms with Crippen LogP contribution in [0.25, 0.3) is 0 Å². The number of hydrogen-bond donors (Lipinski definition) is 3. The van der Waals surface area contributed by atoms with Gasteiger partial charge in [0.05, 0.1) is 17.7 Å². The van der Waals surface area contributed by atoms with Crippen LogP contribution in [0.15, 0.2) is 36.7 Å². The standard InChI is InChI=1S/C19H24F3N5O2/c1-12(24-10-14(18(23)29)7-13-9-25-27(2)11-13)6-17(28)26-16-5-3-4-15(8-16)19(20,21)22/h3-5,8-9,11-12,14,24H,6-7,10H2,1-2H3,(H2,23,29)(H,26,28)/t12-,14-/m1/s1. The van der Waals surface area contributed by atoms with E-state index in [1.807, 2.05) is 0 Å². The average molecular weight is 411 g/mol. The molecule has 0 saturated carbocycles. The molecule has 7 nitrogen and oxygen atoms in total. The fourth-order valence-corrected chi connectivity index (χ4v) is 2.81. The smallest absolute Gasteiger partial charge is 0.369 e. The molecule has 158 valence electrons. The molecule has 2 atom stereocenters. The molecule has 0 aliphatic heterocycles. The molecule has 2 aromatic rings. The van der Waals surface area contributed by atoms with E-state index in [2.05, 4.69) is 15.7 Å². The molecule has 2 amide bonds. The number of benzene rings is 1. The second-order valence-corrected chi connectivity index (χ2v) is 6.97. The fourth-order valence-electron chi connectivity index (χ4n) is 2.81. The van der Waals surface area contributed by atoms with Crippen molar-refractivity contribution < 1.29 is 22.8 Å². The third-order valence-corrected chi connectivity index (χ3v) is 4.32. The first-order chi connectivity index (χ1) is 13.5. The summed E-state index contributed by atoms with van der Waals surface area (Å²) >= 11 is 0. The third-order valence-electron chi connectivity index (χ3n) is 4.32. The van der Waals surface area contributed by atoms with Gasteiger partial charge in [-0.3, -0.25) is 14.3 Å². The Morgan fingerprint density at radius 2 is 2.03 bits per heavy atom. The molecular formula is C19H24F3N5O2. The molecular weight excluding hydrogens is 387 g/mol. The highest BCUT2D eigenvalue weighted by molar-refractivity contribution is 5.91. The summed E-state index contributed by atoms with van der Waals surface area (Å²) in [7, 11) is 1.77. The van der Waals surface area contributed by atoms with Crippen molar-refractivity contribution in [1.82, 2.24) is 15.1 Å². The van der Waals surface area contributed by atoms with Crippen molar-refractivity contribution in [2.24, 2.45) is 18.7 Å². The van der Waals surface area contributed by atoms with Gasteiger partial charge >= 0.3 is 6.18 Å². The summed E-state index contributed by atoms with van der Waals surface area (Å²) in [5.41, 5.74) is 5.56. The van der Waals surface area contributed by atoms with Crippen LogP contribution in [-0.4, -0.2) is 34.2 Å². The molecule has 0 radical (unpaired) electrons. The average Bonchev–Trinajstić information content (AvgIpc) is 3.02. The zero-order valence-corrected chi connectivity index (χ0v) is 16.2. The first-order valence-electron chi connectivity index (χ1n) is 9.02. The zero-order valence-electron chi connectivity index (χ0n) is 16.2. The number of anilines is 1. The van der Waals surface area contributed by atoms with Crippen molar-refractivity contribution in [2.45, 2.75) is 32.0 Å². The van der Waals surface area contributed by atoms with Gasteiger partial charge in [0, 0.05) is 37.9 Å². The van der Waals surface area contributed by atoms with Crippen LogP contribution in [0.2, 0.25) is 0 Å². The zero-order chi connectivity index (χ0) is 21.6. The summed E-state index contributed by atoms with van der Waals surface area (Å²) in [6.45, 7) is 2.01. The third kappa shape index (κ3) is 7.22. The minimum Gasteiger partial charge on any atom is -0.369 e. The SMILES string of the molecule is C[C@H](CC(=O)Nc1cccc(C(F)(F)F)c1)NC[C@@H](Cc1cnn(C)c1)C(N)=O. The normalized spacial score (nSPS) is 13.7. The van der Waals surface area contributed by atoms with Crippen LogP contribution in [-0.2, 0) is 29.2 Å². The van der Waals surface area contributed by atoms with E-state index in [0.29, 0.717) is 6.42 Å². The van der Waals surface area contributed by atoms with E-state index in [9.17, 15) is 22.8 Å². The topological polar surface area (TPSA) is 102 Å². The summed E-state index contributed by atoms with van der Waals surface area (Å²) < 4.78 is 39.9. The highest BCUT2D eigenvalue weighted by atomic mass is 19.4. The quantitative estimate of drug-likeness (QED) is 0.588. The van der Waals surface area contributed by atoms with Crippen LogP contribution in [0.4, 0.5) is 18.9 Å². The van der Waals surface area contributed by atoms with Gasteiger partial charge in [0.15, 0.2) is 0 Å². The Balaban J connectivity index is 1.85. The van der Waals surface area contributed by atoms with Crippen LogP contribution in [0, 0.1) is 5.92 Å². The van der Waals surface area contributed by atoms with Crippen LogP contribution in [0.5, 0.6) is 0 Å². The number of nitrogens with one attached hydrogen (secondary N) is 2. The molecule has 0 aliphatic carbocycles. The summed E-state index contributed by atoms with van der Waals surface area (Å²) in [4.78, 5) is 23.8. The number of aryl methyl sites for hydroxylation is 1. The van der Waals surface area contributed by atoms with Crippen molar-refractivity contribution in [3.8, 4) is 0 Å². The molecule has 0 aliphatic rings. The van der Waals surface area contributed by atoms with Crippen molar-refractivity contribution in [3.05, 3.63) is 47.8 Å². The number of carbonyl (C=O) groups excluding carboxylic acids is 2. The van der Waals surface area contributed by atoms with Gasteiger partial charge in [-0.1, -0.05) is 6.07 Å². The van der Waals surface area contributed by atoms with Gasteiger partial charge in [0.2, 0.25) is 11.8 Å². The minimum atomic E-state index is -4.48. The van der Waals surface area contributed by atoms with Crippen molar-refractivity contribution in [1.29, 1.82) is 0 Å². The minimum absolute atomic E-state index is 0.0224. The van der Waals surface area contributed by atoms with E-state index >= 15 is 0 Å². The molecule has 29 heavy (non-hydrogen) atoms. The highest BCUT2D eigenvalue weighted by Crippen LogP contribution is 2.30. The molecule has 0 bridgehead atoms. The van der Waals surface area contributed by atoms with Gasteiger partial charge in [-0.25, -0.2) is 0 Å². The van der Waals surface area contributed by atoms with Crippen LogP contribution in [0.1, 0.15) is 24.5 Å². The predicted molar refractivity (Wildman–Crippen MR) is 102 cm³/mol. The Kier molecular flexibility index (Phi) is 7.38. The van der Waals surface area contributed by atoms with Gasteiger partial charge in [0.1, 0.15) is 0 Å². The molecule has 4 N–H and O–H groups in total. The number of nitrogens with zero attached hydrogens (tertiary/aromatic N) is 2. The monoisotopic (exact) mass is 411 g/mol. The number of halogens is 3. The Bertz CT molecular complexity index is 850. The van der Waals surface area contributed by atoms with Gasteiger partial charge in [-0.15, -0.1) is 0 Å². The number of hydrogen-bond acceptors (Lipinski definition) is 4. The largest absolute Gasteiger partial charge is 0.416 e. The molecule has 2 rings (SSSR count). The molecule has 1 heterocycles. The second-order valence-electron chi connectivity index (χ2n) is 6.97. The molecule has 0 spiro atoms. The number of nitrogens with two attached hydrogens (primary N) is 1. The lowest BCUT2D eigenvalue weighted by molar-refractivity contribution is -0.137. The number of aromatic nitrogens is 2. The number of rotatable bonds is 9. The van der Waals surface area contributed by atoms with E-state index < -0.39 is 29.5 Å². The molecule has 0 saturated heterocycles. The number of alkyl halides is 3. The second kappa shape index (κ2) is 9.55. The molecule has 1 aromatic carbocycles. The molecule has 10 heteroatoms. The summed E-state index contributed by atoms with van der Waals surface area (Å²) in [6.07, 6.45) is -0.592. The number of carbonyl (C=O) groups is 2. The van der Waals surface area contributed by atoms with E-state index in [1.54, 1.807) is 31.0 Å². The van der Waals surface area contributed by atoms with Crippen LogP contribution in [0.3, 0.4) is 0 Å². The van der Waals surface area contributed by atoms with E-state index in [-0.39, 0.29) is 24.7 Å². The Hall–Kier alpha value is -2.88. The van der Waals surface area contributed by atoms with E-state index in [4.69, 9.17) is 5.73 Å². The lowest BCUT2D eigenvalue weighted by Crippen LogP contribution is -2.39. The first kappa shape index (κ1) is 22.4. The fraction of sp³-hybridized carbons (Fsp3) is 0.421. The predicted octanol–water partition coefficient (Wildman–Crippen LogP) is 2.09. The molecule has 0 fully saturated rings. The van der Waals surface area contributed by atoms with Crippen molar-refractivity contribution >= 4 is 17.5 Å². The Morgan fingerprint density at radius 1 is 1.31 bits per heavy atom. The van der Waals surface area contributed by atoms with Crippen LogP contribution >= 0.6 is 0 Å². The van der Waals surface area contributed by atoms with Crippen molar-refractivity contribution in [2.75, 3.05) is 11.9 Å². The maximum absolute atomic E-state index is 12.7. The first-order valence-corrected chi connectivity index (χ1v) is 9.02. The van der Waals surface area contributed by atoms with Gasteiger partial charge < -0.3 is 16.4 Å². The number of amides is 2. The number of primary amides is 1. The van der Waals surface area contributed by atoms with Crippen LogP contribution < -0.4 is 16.4 Å². The van der Waals surface area contributed by atoms with Gasteiger partial charge in [0.25, 0.3) is 0 Å². The van der Waals surface area contributed by atoms with Crippen molar-refractivity contribution in [3.63, 3.8) is 0 Å². The lowest BCUT2D eigenvalue weighted by atomic mass is 10.0. The Labute approximate surface area is 166 Å². The maximum atomic E-state index is 12.7.